The summed E-state index contributed by atoms with van der Waals surface area (Å²) in [5.41, 5.74) is 0.823. The number of carbonyl (C=O) groups is 1. The second-order valence-electron chi connectivity index (χ2n) is 6.18. The molecule has 0 saturated heterocycles. The topological polar surface area (TPSA) is 72.5 Å². The first-order valence-corrected chi connectivity index (χ1v) is 11.5. The predicted octanol–water partition coefficient (Wildman–Crippen LogP) is 4.51. The predicted molar refractivity (Wildman–Crippen MR) is 114 cm³/mol. The van der Waals surface area contributed by atoms with Crippen LogP contribution in [0.5, 0.6) is 0 Å². The van der Waals surface area contributed by atoms with Crippen LogP contribution in [-0.4, -0.2) is 25.6 Å². The standard InChI is InChI=1S/C22H21NO4S2/c24-22(27-16-18-10-4-1-5-11-18)23-21(17-28-19-12-6-2-7-13-19)29(25,26)20-14-8-3-9-15-20/h1-15,21H,16-17H2,(H,23,24). The van der Waals surface area contributed by atoms with Crippen LogP contribution in [0.2, 0.25) is 0 Å². The normalized spacial score (nSPS) is 12.1. The van der Waals surface area contributed by atoms with E-state index in [1.807, 2.05) is 60.7 Å². The molecule has 0 aromatic heterocycles. The molecule has 0 aliphatic carbocycles. The molecule has 1 atom stereocenters. The lowest BCUT2D eigenvalue weighted by Crippen LogP contribution is -2.42. The maximum absolute atomic E-state index is 13.1. The summed E-state index contributed by atoms with van der Waals surface area (Å²) in [7, 11) is -3.78. The van der Waals surface area contributed by atoms with Gasteiger partial charge in [0.15, 0.2) is 9.84 Å². The SMILES string of the molecule is O=C(NC(CSc1ccccc1)S(=O)(=O)c1ccccc1)OCc1ccccc1. The third kappa shape index (κ3) is 6.10. The van der Waals surface area contributed by atoms with Gasteiger partial charge in [-0.2, -0.15) is 0 Å². The van der Waals surface area contributed by atoms with Gasteiger partial charge in [-0.3, -0.25) is 0 Å². The van der Waals surface area contributed by atoms with E-state index >= 15 is 0 Å². The fourth-order valence-corrected chi connectivity index (χ4v) is 5.38. The number of thioether (sulfide) groups is 1. The minimum Gasteiger partial charge on any atom is -0.445 e. The van der Waals surface area contributed by atoms with Gasteiger partial charge in [-0.05, 0) is 29.8 Å². The van der Waals surface area contributed by atoms with Gasteiger partial charge in [-0.1, -0.05) is 66.7 Å². The van der Waals surface area contributed by atoms with Gasteiger partial charge in [0.25, 0.3) is 0 Å². The number of alkyl carbamates (subject to hydrolysis) is 1. The van der Waals surface area contributed by atoms with E-state index in [2.05, 4.69) is 5.32 Å². The Bertz CT molecular complexity index is 1010. The second kappa shape index (κ2) is 10.1. The third-order valence-electron chi connectivity index (χ3n) is 4.08. The average molecular weight is 428 g/mol. The highest BCUT2D eigenvalue weighted by Crippen LogP contribution is 2.23. The number of sulfone groups is 1. The Balaban J connectivity index is 1.72. The Morgan fingerprint density at radius 3 is 2.03 bits per heavy atom. The molecule has 1 amide bonds. The van der Waals surface area contributed by atoms with E-state index in [4.69, 9.17) is 4.74 Å². The molecule has 0 radical (unpaired) electrons. The smallest absolute Gasteiger partial charge is 0.408 e. The number of rotatable bonds is 8. The molecule has 29 heavy (non-hydrogen) atoms. The zero-order valence-corrected chi connectivity index (χ0v) is 17.2. The van der Waals surface area contributed by atoms with Gasteiger partial charge in [0.2, 0.25) is 0 Å². The lowest BCUT2D eigenvalue weighted by atomic mass is 10.2. The fourth-order valence-electron chi connectivity index (χ4n) is 2.57. The first-order valence-electron chi connectivity index (χ1n) is 9.00. The largest absolute Gasteiger partial charge is 0.445 e. The van der Waals surface area contributed by atoms with E-state index in [0.717, 1.165) is 10.5 Å². The average Bonchev–Trinajstić information content (AvgIpc) is 2.77. The van der Waals surface area contributed by atoms with Crippen molar-refractivity contribution in [3.05, 3.63) is 96.6 Å². The van der Waals surface area contributed by atoms with Crippen molar-refractivity contribution in [2.75, 3.05) is 5.75 Å². The molecule has 0 aliphatic rings. The van der Waals surface area contributed by atoms with Crippen LogP contribution >= 0.6 is 11.8 Å². The number of hydrogen-bond acceptors (Lipinski definition) is 5. The van der Waals surface area contributed by atoms with Crippen LogP contribution in [0.3, 0.4) is 0 Å². The lowest BCUT2D eigenvalue weighted by molar-refractivity contribution is 0.139. The zero-order valence-electron chi connectivity index (χ0n) is 15.6. The summed E-state index contributed by atoms with van der Waals surface area (Å²) < 4.78 is 31.4. The van der Waals surface area contributed by atoms with Crippen molar-refractivity contribution >= 4 is 27.7 Å². The highest BCUT2D eigenvalue weighted by molar-refractivity contribution is 8.01. The fraction of sp³-hybridized carbons (Fsp3) is 0.136. The molecule has 0 fully saturated rings. The third-order valence-corrected chi connectivity index (χ3v) is 7.36. The molecule has 0 aliphatic heterocycles. The van der Waals surface area contributed by atoms with Crippen LogP contribution < -0.4 is 5.32 Å². The Labute approximate surface area is 175 Å². The van der Waals surface area contributed by atoms with Gasteiger partial charge in [-0.25, -0.2) is 13.2 Å². The molecule has 150 valence electrons. The molecule has 1 unspecified atom stereocenters. The number of benzene rings is 3. The van der Waals surface area contributed by atoms with Crippen molar-refractivity contribution in [3.63, 3.8) is 0 Å². The highest BCUT2D eigenvalue weighted by atomic mass is 32.2. The van der Waals surface area contributed by atoms with Crippen molar-refractivity contribution in [2.24, 2.45) is 0 Å². The van der Waals surface area contributed by atoms with Crippen molar-refractivity contribution in [3.8, 4) is 0 Å². The highest BCUT2D eigenvalue weighted by Gasteiger charge is 2.29. The van der Waals surface area contributed by atoms with Crippen LogP contribution in [0.1, 0.15) is 5.56 Å². The minimum absolute atomic E-state index is 0.0661. The summed E-state index contributed by atoms with van der Waals surface area (Å²) in [6.45, 7) is 0.0661. The van der Waals surface area contributed by atoms with E-state index in [9.17, 15) is 13.2 Å². The Morgan fingerprint density at radius 2 is 1.41 bits per heavy atom. The van der Waals surface area contributed by atoms with Crippen LogP contribution in [-0.2, 0) is 21.2 Å². The van der Waals surface area contributed by atoms with E-state index < -0.39 is 21.3 Å². The Kier molecular flexibility index (Phi) is 7.32. The summed E-state index contributed by atoms with van der Waals surface area (Å²) in [4.78, 5) is 13.4. The second-order valence-corrected chi connectivity index (χ2v) is 9.40. The maximum atomic E-state index is 13.1. The molecular formula is C22H21NO4S2. The Morgan fingerprint density at radius 1 is 0.862 bits per heavy atom. The monoisotopic (exact) mass is 427 g/mol. The van der Waals surface area contributed by atoms with Gasteiger partial charge in [-0.15, -0.1) is 11.8 Å². The van der Waals surface area contributed by atoms with E-state index in [1.165, 1.54) is 23.9 Å². The first kappa shape index (κ1) is 21.0. The maximum Gasteiger partial charge on any atom is 0.408 e. The van der Waals surface area contributed by atoms with Crippen molar-refractivity contribution in [1.29, 1.82) is 0 Å². The van der Waals surface area contributed by atoms with Crippen molar-refractivity contribution < 1.29 is 17.9 Å². The van der Waals surface area contributed by atoms with Crippen LogP contribution in [0.15, 0.2) is 101 Å². The molecule has 0 bridgehead atoms. The van der Waals surface area contributed by atoms with Gasteiger partial charge in [0, 0.05) is 10.6 Å². The van der Waals surface area contributed by atoms with Crippen LogP contribution in [0.25, 0.3) is 0 Å². The molecule has 0 saturated carbocycles. The zero-order chi connectivity index (χ0) is 20.5. The molecule has 3 rings (SSSR count). The number of carbonyl (C=O) groups excluding carboxylic acids is 1. The number of hydrogen-bond donors (Lipinski definition) is 1. The van der Waals surface area contributed by atoms with Crippen molar-refractivity contribution in [1.82, 2.24) is 5.32 Å². The summed E-state index contributed by atoms with van der Waals surface area (Å²) in [5, 5.41) is 1.40. The van der Waals surface area contributed by atoms with E-state index in [0.29, 0.717) is 0 Å². The van der Waals surface area contributed by atoms with Crippen LogP contribution in [0, 0.1) is 0 Å². The molecule has 3 aromatic carbocycles. The summed E-state index contributed by atoms with van der Waals surface area (Å²) in [5.74, 6) is 0.154. The molecule has 3 aromatic rings. The Hall–Kier alpha value is -2.77. The molecular weight excluding hydrogens is 406 g/mol. The minimum atomic E-state index is -3.78. The molecule has 7 heteroatoms. The summed E-state index contributed by atoms with van der Waals surface area (Å²) >= 11 is 1.36. The van der Waals surface area contributed by atoms with Gasteiger partial charge in [0.05, 0.1) is 4.90 Å². The van der Waals surface area contributed by atoms with Gasteiger partial charge >= 0.3 is 6.09 Å². The van der Waals surface area contributed by atoms with Crippen molar-refractivity contribution in [2.45, 2.75) is 21.8 Å². The molecule has 1 N–H and O–H groups in total. The number of nitrogens with one attached hydrogen (secondary N) is 1. The number of amides is 1. The first-order chi connectivity index (χ1) is 14.1. The molecule has 0 heterocycles. The van der Waals surface area contributed by atoms with E-state index in [-0.39, 0.29) is 17.3 Å². The number of ether oxygens (including phenoxy) is 1. The quantitative estimate of drug-likeness (QED) is 0.536. The van der Waals surface area contributed by atoms with Gasteiger partial charge in [0.1, 0.15) is 12.0 Å². The molecule has 0 spiro atoms. The summed E-state index contributed by atoms with van der Waals surface area (Å²) in [6.07, 6.45) is -0.771. The van der Waals surface area contributed by atoms with E-state index in [1.54, 1.807) is 18.2 Å². The molecule has 5 nitrogen and oxygen atoms in total. The van der Waals surface area contributed by atoms with Crippen LogP contribution in [0.4, 0.5) is 4.79 Å². The lowest BCUT2D eigenvalue weighted by Gasteiger charge is -2.19. The summed E-state index contributed by atoms with van der Waals surface area (Å²) in [6, 6.07) is 26.7. The van der Waals surface area contributed by atoms with Gasteiger partial charge < -0.3 is 10.1 Å².